The van der Waals surface area contributed by atoms with E-state index in [-0.39, 0.29) is 12.1 Å². The van der Waals surface area contributed by atoms with Crippen LogP contribution in [0.5, 0.6) is 0 Å². The van der Waals surface area contributed by atoms with Gasteiger partial charge in [-0.3, -0.25) is 5.32 Å². The zero-order chi connectivity index (χ0) is 12.1. The van der Waals surface area contributed by atoms with Crippen molar-refractivity contribution in [1.82, 2.24) is 5.32 Å². The van der Waals surface area contributed by atoms with Crippen molar-refractivity contribution in [2.24, 2.45) is 0 Å². The fraction of sp³-hybridized carbons (Fsp3) is 0.467. The van der Waals surface area contributed by atoms with Gasteiger partial charge in [0.2, 0.25) is 0 Å². The van der Waals surface area contributed by atoms with E-state index in [9.17, 15) is 0 Å². The SMILES string of the molecule is C#CC(CCC)NC1COCc2ccccc21. The molecular formula is C15H19NO. The molecule has 90 valence electrons. The average Bonchev–Trinajstić information content (AvgIpc) is 2.38. The molecule has 0 amide bonds. The van der Waals surface area contributed by atoms with E-state index in [0.29, 0.717) is 13.2 Å². The maximum absolute atomic E-state index is 5.60. The topological polar surface area (TPSA) is 21.3 Å². The van der Waals surface area contributed by atoms with Crippen LogP contribution in [0.25, 0.3) is 0 Å². The van der Waals surface area contributed by atoms with Gasteiger partial charge in [0.25, 0.3) is 0 Å². The summed E-state index contributed by atoms with van der Waals surface area (Å²) in [5.41, 5.74) is 2.60. The minimum Gasteiger partial charge on any atom is -0.375 e. The maximum Gasteiger partial charge on any atom is 0.0721 e. The largest absolute Gasteiger partial charge is 0.375 e. The molecule has 1 heterocycles. The highest BCUT2D eigenvalue weighted by Crippen LogP contribution is 2.25. The third-order valence-corrected chi connectivity index (χ3v) is 3.15. The molecule has 0 aromatic heterocycles. The van der Waals surface area contributed by atoms with Gasteiger partial charge in [0.05, 0.1) is 25.3 Å². The van der Waals surface area contributed by atoms with Gasteiger partial charge in [-0.15, -0.1) is 6.42 Å². The lowest BCUT2D eigenvalue weighted by atomic mass is 9.98. The van der Waals surface area contributed by atoms with Crippen molar-refractivity contribution in [3.8, 4) is 12.3 Å². The third-order valence-electron chi connectivity index (χ3n) is 3.15. The first-order valence-corrected chi connectivity index (χ1v) is 6.23. The van der Waals surface area contributed by atoms with E-state index in [2.05, 4.69) is 42.4 Å². The predicted octanol–water partition coefficient (Wildman–Crippen LogP) is 2.65. The standard InChI is InChI=1S/C15H19NO/c1-3-7-13(4-2)16-15-11-17-10-12-8-5-6-9-14(12)15/h2,5-6,8-9,13,15-16H,3,7,10-11H2,1H3. The second-order valence-corrected chi connectivity index (χ2v) is 4.44. The number of ether oxygens (including phenoxy) is 1. The van der Waals surface area contributed by atoms with E-state index in [1.165, 1.54) is 11.1 Å². The van der Waals surface area contributed by atoms with Gasteiger partial charge in [-0.1, -0.05) is 43.5 Å². The van der Waals surface area contributed by atoms with Crippen LogP contribution in [-0.4, -0.2) is 12.6 Å². The Balaban J connectivity index is 2.11. The number of benzene rings is 1. The van der Waals surface area contributed by atoms with Crippen molar-refractivity contribution in [3.05, 3.63) is 35.4 Å². The van der Waals surface area contributed by atoms with Gasteiger partial charge in [-0.2, -0.15) is 0 Å². The van der Waals surface area contributed by atoms with Crippen LogP contribution in [0.4, 0.5) is 0 Å². The van der Waals surface area contributed by atoms with E-state index >= 15 is 0 Å². The Morgan fingerprint density at radius 3 is 3.12 bits per heavy atom. The average molecular weight is 229 g/mol. The Kier molecular flexibility index (Phi) is 4.19. The van der Waals surface area contributed by atoms with Crippen LogP contribution in [0.2, 0.25) is 0 Å². The minimum absolute atomic E-state index is 0.139. The summed E-state index contributed by atoms with van der Waals surface area (Å²) in [6.45, 7) is 3.57. The Hall–Kier alpha value is -1.30. The molecule has 1 aliphatic heterocycles. The molecule has 0 spiro atoms. The van der Waals surface area contributed by atoms with Gasteiger partial charge in [0.1, 0.15) is 0 Å². The molecule has 1 aromatic carbocycles. The Bertz CT molecular complexity index is 408. The summed E-state index contributed by atoms with van der Waals surface area (Å²) in [6, 6.07) is 8.77. The summed E-state index contributed by atoms with van der Waals surface area (Å²) in [5.74, 6) is 2.81. The summed E-state index contributed by atoms with van der Waals surface area (Å²) in [5, 5.41) is 3.50. The molecular weight excluding hydrogens is 210 g/mol. The van der Waals surface area contributed by atoms with Crippen LogP contribution in [-0.2, 0) is 11.3 Å². The minimum atomic E-state index is 0.139. The number of fused-ring (bicyclic) bond motifs is 1. The lowest BCUT2D eigenvalue weighted by Gasteiger charge is -2.28. The zero-order valence-electron chi connectivity index (χ0n) is 10.3. The third kappa shape index (κ3) is 2.88. The molecule has 0 fully saturated rings. The fourth-order valence-corrected chi connectivity index (χ4v) is 2.27. The van der Waals surface area contributed by atoms with Gasteiger partial charge in [-0.05, 0) is 17.5 Å². The van der Waals surface area contributed by atoms with E-state index < -0.39 is 0 Å². The van der Waals surface area contributed by atoms with Gasteiger partial charge >= 0.3 is 0 Å². The van der Waals surface area contributed by atoms with E-state index in [4.69, 9.17) is 11.2 Å². The van der Waals surface area contributed by atoms with Crippen molar-refractivity contribution in [1.29, 1.82) is 0 Å². The molecule has 0 aliphatic carbocycles. The van der Waals surface area contributed by atoms with Gasteiger partial charge in [-0.25, -0.2) is 0 Å². The molecule has 2 unspecified atom stereocenters. The first-order chi connectivity index (χ1) is 8.35. The Morgan fingerprint density at radius 2 is 2.35 bits per heavy atom. The highest BCUT2D eigenvalue weighted by Gasteiger charge is 2.21. The number of nitrogens with one attached hydrogen (secondary N) is 1. The second kappa shape index (κ2) is 5.86. The molecule has 2 rings (SSSR count). The smallest absolute Gasteiger partial charge is 0.0721 e. The van der Waals surface area contributed by atoms with E-state index in [1.807, 2.05) is 0 Å². The molecule has 0 saturated carbocycles. The summed E-state index contributed by atoms with van der Waals surface area (Å²) < 4.78 is 5.60. The molecule has 2 nitrogen and oxygen atoms in total. The lowest BCUT2D eigenvalue weighted by Crippen LogP contribution is -2.36. The van der Waals surface area contributed by atoms with Crippen LogP contribution in [0.1, 0.15) is 36.9 Å². The van der Waals surface area contributed by atoms with Crippen LogP contribution in [0, 0.1) is 12.3 Å². The van der Waals surface area contributed by atoms with Crippen molar-refractivity contribution in [2.75, 3.05) is 6.61 Å². The number of terminal acetylenes is 1. The van der Waals surface area contributed by atoms with Crippen molar-refractivity contribution in [3.63, 3.8) is 0 Å². The van der Waals surface area contributed by atoms with Gasteiger partial charge < -0.3 is 4.74 Å². The molecule has 1 N–H and O–H groups in total. The van der Waals surface area contributed by atoms with Crippen LogP contribution in [0.15, 0.2) is 24.3 Å². The van der Waals surface area contributed by atoms with Crippen LogP contribution < -0.4 is 5.32 Å². The number of hydrogen-bond donors (Lipinski definition) is 1. The van der Waals surface area contributed by atoms with Crippen molar-refractivity contribution in [2.45, 2.75) is 38.5 Å². The quantitative estimate of drug-likeness (QED) is 0.801. The van der Waals surface area contributed by atoms with Gasteiger partial charge in [0, 0.05) is 0 Å². The Labute approximate surface area is 103 Å². The zero-order valence-corrected chi connectivity index (χ0v) is 10.3. The highest BCUT2D eigenvalue weighted by atomic mass is 16.5. The van der Waals surface area contributed by atoms with E-state index in [0.717, 1.165) is 12.8 Å². The molecule has 0 saturated heterocycles. The highest BCUT2D eigenvalue weighted by molar-refractivity contribution is 5.31. The molecule has 0 bridgehead atoms. The summed E-state index contributed by atoms with van der Waals surface area (Å²) in [4.78, 5) is 0. The number of rotatable bonds is 4. The fourth-order valence-electron chi connectivity index (χ4n) is 2.27. The first kappa shape index (κ1) is 12.2. The second-order valence-electron chi connectivity index (χ2n) is 4.44. The molecule has 0 radical (unpaired) electrons. The molecule has 2 atom stereocenters. The predicted molar refractivity (Wildman–Crippen MR) is 69.5 cm³/mol. The Morgan fingerprint density at radius 1 is 1.53 bits per heavy atom. The first-order valence-electron chi connectivity index (χ1n) is 6.23. The van der Waals surface area contributed by atoms with E-state index in [1.54, 1.807) is 0 Å². The van der Waals surface area contributed by atoms with Crippen molar-refractivity contribution < 1.29 is 4.74 Å². The monoisotopic (exact) mass is 229 g/mol. The normalized spacial score (nSPS) is 20.4. The van der Waals surface area contributed by atoms with Gasteiger partial charge in [0.15, 0.2) is 0 Å². The van der Waals surface area contributed by atoms with Crippen LogP contribution in [0.3, 0.4) is 0 Å². The van der Waals surface area contributed by atoms with Crippen LogP contribution >= 0.6 is 0 Å². The van der Waals surface area contributed by atoms with Crippen molar-refractivity contribution >= 4 is 0 Å². The molecule has 1 aliphatic rings. The molecule has 1 aromatic rings. The maximum atomic E-state index is 5.60. The summed E-state index contributed by atoms with van der Waals surface area (Å²) >= 11 is 0. The molecule has 2 heteroatoms. The number of hydrogen-bond acceptors (Lipinski definition) is 2. The summed E-state index contributed by atoms with van der Waals surface area (Å²) in [6.07, 6.45) is 7.65. The lowest BCUT2D eigenvalue weighted by molar-refractivity contribution is 0.0801. The molecule has 17 heavy (non-hydrogen) atoms. The summed E-state index contributed by atoms with van der Waals surface area (Å²) in [7, 11) is 0.